The van der Waals surface area contributed by atoms with E-state index in [9.17, 15) is 33.9 Å². The highest BCUT2D eigenvalue weighted by Gasteiger charge is 2.49. The summed E-state index contributed by atoms with van der Waals surface area (Å²) in [7, 11) is 0. The van der Waals surface area contributed by atoms with Gasteiger partial charge in [-0.3, -0.25) is 24.0 Å². The van der Waals surface area contributed by atoms with E-state index >= 15 is 0 Å². The van der Waals surface area contributed by atoms with E-state index in [4.69, 9.17) is 4.74 Å². The van der Waals surface area contributed by atoms with Crippen molar-refractivity contribution in [1.82, 2.24) is 31.1 Å². The second-order valence-corrected chi connectivity index (χ2v) is 15.7. The Morgan fingerprint density at radius 2 is 1.25 bits per heavy atom. The minimum atomic E-state index is -1.14. The number of ketones is 1. The van der Waals surface area contributed by atoms with Crippen LogP contribution in [0.3, 0.4) is 0 Å². The highest BCUT2D eigenvalue weighted by Crippen LogP contribution is 2.29. The number of hydrogen-bond acceptors (Lipinski definition) is 8. The van der Waals surface area contributed by atoms with Crippen LogP contribution in [0.5, 0.6) is 0 Å². The van der Waals surface area contributed by atoms with Crippen LogP contribution in [0.15, 0.2) is 60.7 Å². The van der Waals surface area contributed by atoms with Crippen molar-refractivity contribution in [1.29, 1.82) is 0 Å². The van der Waals surface area contributed by atoms with Gasteiger partial charge in [0.15, 0.2) is 5.78 Å². The summed E-state index contributed by atoms with van der Waals surface area (Å²) in [6.45, 7) is 10.7. The van der Waals surface area contributed by atoms with Crippen LogP contribution in [0, 0.1) is 11.8 Å². The number of carboxylic acid groups (broad SMARTS) is 1. The number of nitrogens with one attached hydrogen (secondary N) is 4. The van der Waals surface area contributed by atoms with Gasteiger partial charge in [0.2, 0.25) is 11.8 Å². The van der Waals surface area contributed by atoms with Gasteiger partial charge in [-0.1, -0.05) is 88.4 Å². The molecule has 0 aromatic heterocycles. The number of nitrogens with zero attached hydrogens (tertiary/aromatic N) is 2. The maximum absolute atomic E-state index is 14.1. The van der Waals surface area contributed by atoms with Crippen molar-refractivity contribution in [2.75, 3.05) is 39.3 Å². The van der Waals surface area contributed by atoms with Gasteiger partial charge in [-0.25, -0.2) is 4.79 Å². The van der Waals surface area contributed by atoms with E-state index < -0.39 is 59.5 Å². The molecule has 2 aromatic rings. The normalized spacial score (nSPS) is 18.9. The zero-order valence-electron chi connectivity index (χ0n) is 32.7. The van der Waals surface area contributed by atoms with Crippen LogP contribution in [0.2, 0.25) is 0 Å². The third-order valence-corrected chi connectivity index (χ3v) is 9.96. The highest BCUT2D eigenvalue weighted by atomic mass is 16.6. The van der Waals surface area contributed by atoms with Crippen LogP contribution in [0.25, 0.3) is 0 Å². The Hall–Kier alpha value is -4.82. The van der Waals surface area contributed by atoms with Crippen LogP contribution < -0.4 is 21.3 Å². The van der Waals surface area contributed by atoms with E-state index in [0.717, 1.165) is 11.1 Å². The first-order chi connectivity index (χ1) is 26.1. The molecule has 55 heavy (non-hydrogen) atoms. The molecule has 2 aliphatic rings. The fourth-order valence-corrected chi connectivity index (χ4v) is 6.70. The maximum atomic E-state index is 14.1. The van der Waals surface area contributed by atoms with Crippen LogP contribution in [-0.4, -0.2) is 120 Å². The van der Waals surface area contributed by atoms with Gasteiger partial charge >= 0.3 is 17.9 Å². The number of carbonyl (C=O) groups is 6. The van der Waals surface area contributed by atoms with Gasteiger partial charge in [0.25, 0.3) is 0 Å². The molecule has 0 saturated carbocycles. The van der Waals surface area contributed by atoms with Gasteiger partial charge in [0.1, 0.15) is 17.7 Å². The van der Waals surface area contributed by atoms with E-state index in [2.05, 4.69) is 21.3 Å². The van der Waals surface area contributed by atoms with Gasteiger partial charge in [-0.15, -0.1) is 0 Å². The van der Waals surface area contributed by atoms with E-state index in [0.29, 0.717) is 38.8 Å². The molecule has 14 heteroatoms. The summed E-state index contributed by atoms with van der Waals surface area (Å²) < 4.78 is 5.47. The van der Waals surface area contributed by atoms with Crippen molar-refractivity contribution in [3.05, 3.63) is 71.8 Å². The minimum absolute atomic E-state index is 0.0116. The molecule has 0 radical (unpaired) electrons. The summed E-state index contributed by atoms with van der Waals surface area (Å²) in [4.78, 5) is 81.7. The van der Waals surface area contributed by atoms with Gasteiger partial charge in [-0.2, -0.15) is 0 Å². The zero-order chi connectivity index (χ0) is 40.1. The average Bonchev–Trinajstić information content (AvgIpc) is 3.92. The summed E-state index contributed by atoms with van der Waals surface area (Å²) in [5.41, 5.74) is 1.11. The number of epoxide rings is 1. The van der Waals surface area contributed by atoms with Crippen LogP contribution in [0.1, 0.15) is 65.0 Å². The fraction of sp³-hybridized carbons (Fsp3) is 0.561. The van der Waals surface area contributed by atoms with Crippen molar-refractivity contribution in [2.45, 2.75) is 96.5 Å². The molecule has 300 valence electrons. The smallest absolute Gasteiger partial charge is 0.407 e. The predicted octanol–water partition coefficient (Wildman–Crippen LogP) is 2.55. The first-order valence-electron chi connectivity index (χ1n) is 19.3. The van der Waals surface area contributed by atoms with E-state index in [1.54, 1.807) is 6.92 Å². The van der Waals surface area contributed by atoms with E-state index in [1.165, 1.54) is 9.80 Å². The third-order valence-electron chi connectivity index (χ3n) is 9.96. The molecule has 2 aliphatic heterocycles. The molecule has 0 unspecified atom stereocenters. The van der Waals surface area contributed by atoms with Gasteiger partial charge in [-0.05, 0) is 62.0 Å². The highest BCUT2D eigenvalue weighted by molar-refractivity contribution is 6.35. The first-order valence-corrected chi connectivity index (χ1v) is 19.3. The molecule has 2 heterocycles. The molecule has 5 N–H and O–H groups in total. The molecule has 2 aromatic carbocycles. The van der Waals surface area contributed by atoms with E-state index in [1.807, 2.05) is 88.4 Å². The van der Waals surface area contributed by atoms with Gasteiger partial charge in [0, 0.05) is 38.8 Å². The maximum Gasteiger partial charge on any atom is 0.407 e. The number of piperazine rings is 1. The lowest BCUT2D eigenvalue weighted by atomic mass is 9.93. The molecule has 5 amide bonds. The lowest BCUT2D eigenvalue weighted by Crippen LogP contribution is -2.59. The first kappa shape index (κ1) is 42.9. The molecular formula is C41H58N6O8. The third kappa shape index (κ3) is 13.5. The average molecular weight is 763 g/mol. The lowest BCUT2D eigenvalue weighted by Gasteiger charge is -2.33. The minimum Gasteiger partial charge on any atom is -0.465 e. The topological polar surface area (TPSA) is 190 Å². The number of ether oxygens (including phenoxy) is 1. The van der Waals surface area contributed by atoms with Crippen molar-refractivity contribution in [3.63, 3.8) is 0 Å². The molecule has 0 aliphatic carbocycles. The summed E-state index contributed by atoms with van der Waals surface area (Å²) in [6.07, 6.45) is 0.854. The molecule has 2 fully saturated rings. The molecule has 14 nitrogen and oxygen atoms in total. The van der Waals surface area contributed by atoms with Crippen molar-refractivity contribution < 1.29 is 38.6 Å². The number of benzene rings is 2. The monoisotopic (exact) mass is 762 g/mol. The van der Waals surface area contributed by atoms with Crippen molar-refractivity contribution in [3.8, 4) is 0 Å². The van der Waals surface area contributed by atoms with Gasteiger partial charge in [0.05, 0.1) is 12.6 Å². The number of rotatable bonds is 19. The SMILES string of the molecule is CC(C)C[C@H](NC(=O)[C@H](CCc1ccccc1)NC(=O)C(=O)N1CCN(C(=O)O)CC1)C(=O)N[C@H](CN[C@@H](CC(C)C)C(=O)[C@]1(C)CO1)Cc1ccccc1. The Balaban J connectivity index is 1.49. The number of amides is 5. The van der Waals surface area contributed by atoms with Crippen LogP contribution in [0.4, 0.5) is 4.79 Å². The summed E-state index contributed by atoms with van der Waals surface area (Å²) in [5, 5.41) is 21.3. The van der Waals surface area contributed by atoms with Crippen molar-refractivity contribution >= 4 is 35.5 Å². The zero-order valence-corrected chi connectivity index (χ0v) is 32.7. The second-order valence-electron chi connectivity index (χ2n) is 15.7. The summed E-state index contributed by atoms with van der Waals surface area (Å²) in [5.74, 6) is -2.61. The van der Waals surface area contributed by atoms with Crippen LogP contribution >= 0.6 is 0 Å². The predicted molar refractivity (Wildman–Crippen MR) is 207 cm³/mol. The number of carbonyl (C=O) groups excluding carboxylic acids is 5. The van der Waals surface area contributed by atoms with Crippen molar-refractivity contribution in [2.24, 2.45) is 11.8 Å². The largest absolute Gasteiger partial charge is 0.465 e. The van der Waals surface area contributed by atoms with Crippen LogP contribution in [-0.2, 0) is 41.6 Å². The summed E-state index contributed by atoms with van der Waals surface area (Å²) >= 11 is 0. The number of Topliss-reactive ketones (excluding diaryl/α,β-unsaturated/α-hetero) is 1. The Kier molecular flexibility index (Phi) is 15.8. The number of aryl methyl sites for hydroxylation is 1. The standard InChI is InChI=1S/C41H58N6O8/c1-27(2)22-33(35(48)41(5)26-55-41)42-25-31(24-30-14-10-7-11-15-30)43-37(50)34(23-28(3)4)45-36(49)32(17-16-29-12-8-6-9-13-29)44-38(51)39(52)46-18-20-47(21-19-46)40(53)54/h6-15,27-28,31-34,42H,16-26H2,1-5H3,(H,43,50)(H,44,51)(H,45,49)(H,53,54)/t31-,32-,33-,34-,41-/m0/s1. The molecule has 4 rings (SSSR count). The molecule has 0 spiro atoms. The Bertz CT molecular complexity index is 1610. The second kappa shape index (κ2) is 20.2. The molecule has 0 bridgehead atoms. The Morgan fingerprint density at radius 1 is 0.727 bits per heavy atom. The Labute approximate surface area is 324 Å². The lowest BCUT2D eigenvalue weighted by molar-refractivity contribution is -0.147. The quantitative estimate of drug-likeness (QED) is 0.106. The molecule has 5 atom stereocenters. The molecular weight excluding hydrogens is 704 g/mol. The van der Waals surface area contributed by atoms with E-state index in [-0.39, 0.29) is 50.2 Å². The van der Waals surface area contributed by atoms with Gasteiger partial charge < -0.3 is 40.9 Å². The molecule has 2 saturated heterocycles. The number of hydrogen-bond donors (Lipinski definition) is 5. The fourth-order valence-electron chi connectivity index (χ4n) is 6.70. The summed E-state index contributed by atoms with van der Waals surface area (Å²) in [6, 6.07) is 16.1. The Morgan fingerprint density at radius 3 is 1.80 bits per heavy atom.